The van der Waals surface area contributed by atoms with Gasteiger partial charge in [0.1, 0.15) is 0 Å². The van der Waals surface area contributed by atoms with Crippen LogP contribution in [0.4, 0.5) is 0 Å². The van der Waals surface area contributed by atoms with Gasteiger partial charge in [0.2, 0.25) is 5.91 Å². The number of fused-ring (bicyclic) bond motifs is 1. The van der Waals surface area contributed by atoms with Crippen LogP contribution in [-0.2, 0) is 30.3 Å². The van der Waals surface area contributed by atoms with Crippen LogP contribution in [0.25, 0.3) is 0 Å². The number of nitrogens with zero attached hydrogens (tertiary/aromatic N) is 1. The average molecular weight is 409 g/mol. The molecule has 2 aliphatic rings. The van der Waals surface area contributed by atoms with Crippen LogP contribution >= 0.6 is 0 Å². The summed E-state index contributed by atoms with van der Waals surface area (Å²) in [6.45, 7) is 5.16. The highest BCUT2D eigenvalue weighted by Crippen LogP contribution is 2.46. The molecule has 4 atom stereocenters. The van der Waals surface area contributed by atoms with Crippen LogP contribution in [0.2, 0.25) is 0 Å². The van der Waals surface area contributed by atoms with E-state index in [4.69, 9.17) is 0 Å². The van der Waals surface area contributed by atoms with Crippen LogP contribution in [0.5, 0.6) is 0 Å². The number of aliphatic carboxylic acids is 1. The molecular weight excluding hydrogens is 386 g/mol. The number of hydrogen-bond acceptors (Lipinski definition) is 6. The van der Waals surface area contributed by atoms with Crippen molar-refractivity contribution >= 4 is 29.0 Å². The maximum Gasteiger partial charge on any atom is 0.357 e. The zero-order chi connectivity index (χ0) is 21.0. The van der Waals surface area contributed by atoms with Crippen molar-refractivity contribution in [2.75, 3.05) is 6.61 Å². The Hall–Kier alpha value is -2.36. The molecular formula is C19H23NO7S. The number of ether oxygens (including phenoxy) is 1. The highest BCUT2D eigenvalue weighted by atomic mass is 32.2. The lowest BCUT2D eigenvalue weighted by Gasteiger charge is -2.44. The van der Waals surface area contributed by atoms with Gasteiger partial charge in [-0.15, -0.1) is 0 Å². The van der Waals surface area contributed by atoms with Gasteiger partial charge in [-0.2, -0.15) is 0 Å². The molecule has 0 bridgehead atoms. The third-order valence-electron chi connectivity index (χ3n) is 4.42. The molecule has 28 heavy (non-hydrogen) atoms. The summed E-state index contributed by atoms with van der Waals surface area (Å²) in [4.78, 5) is 35.3. The Bertz CT molecular complexity index is 778. The van der Waals surface area contributed by atoms with Crippen LogP contribution in [-0.4, -0.2) is 56.3 Å². The molecule has 1 fully saturated rings. The third kappa shape index (κ3) is 4.37. The van der Waals surface area contributed by atoms with Crippen molar-refractivity contribution in [3.8, 4) is 0 Å². The largest absolute Gasteiger partial charge is 0.607 e. The molecule has 0 aliphatic carbocycles. The molecule has 2 N–H and O–H groups in total. The smallest absolute Gasteiger partial charge is 0.357 e. The number of amides is 1. The Morgan fingerprint density at radius 3 is 2.39 bits per heavy atom. The molecule has 1 aromatic rings. The van der Waals surface area contributed by atoms with Gasteiger partial charge in [0.15, 0.2) is 15.5 Å². The topological polar surface area (TPSA) is 127 Å². The number of carbonyl (C=O) groups excluding carboxylic acids is 2. The summed E-state index contributed by atoms with van der Waals surface area (Å²) in [5.41, 5.74) is -0.200. The number of aliphatic hydroxyl groups excluding tert-OH is 1. The molecule has 0 aromatic heterocycles. The molecule has 2 aliphatic heterocycles. The summed E-state index contributed by atoms with van der Waals surface area (Å²) >= 11 is -1.63. The van der Waals surface area contributed by atoms with Gasteiger partial charge in [0.05, 0.1) is 24.7 Å². The third-order valence-corrected chi connectivity index (χ3v) is 5.93. The molecule has 1 aromatic carbocycles. The van der Waals surface area contributed by atoms with Gasteiger partial charge in [-0.25, -0.2) is 4.79 Å². The fourth-order valence-corrected chi connectivity index (χ4v) is 4.66. The standard InChI is InChI=1S/C15H15NO5S.C4H8O2/c1-8(17)12-10-7-11(13(15(19)20)16(10)14(12)18)22(21)9-5-3-2-4-6-9;1-3-6-4(2)5/h2-6,8,10,12,17H,7H2,1H3,(H,19,20);3H2,1-2H3. The van der Waals surface area contributed by atoms with Crippen LogP contribution in [0.15, 0.2) is 45.8 Å². The first-order valence-electron chi connectivity index (χ1n) is 8.78. The SMILES string of the molecule is CC(O)C1C(=O)N2C(C(=O)O)=C([S+]([O-])c3ccccc3)CC12.CCOC(C)=O. The second kappa shape index (κ2) is 9.22. The normalized spacial score (nSPS) is 22.5. The van der Waals surface area contributed by atoms with Crippen LogP contribution in [0, 0.1) is 5.92 Å². The van der Waals surface area contributed by atoms with E-state index in [-0.39, 0.29) is 23.0 Å². The minimum Gasteiger partial charge on any atom is -0.607 e. The molecule has 0 radical (unpaired) electrons. The maximum atomic E-state index is 12.7. The van der Waals surface area contributed by atoms with Crippen molar-refractivity contribution in [1.82, 2.24) is 4.90 Å². The lowest BCUT2D eigenvalue weighted by Crippen LogP contribution is -2.61. The van der Waals surface area contributed by atoms with Crippen molar-refractivity contribution in [2.24, 2.45) is 5.92 Å². The summed E-state index contributed by atoms with van der Waals surface area (Å²) < 4.78 is 17.1. The van der Waals surface area contributed by atoms with Gasteiger partial charge >= 0.3 is 11.9 Å². The van der Waals surface area contributed by atoms with E-state index in [9.17, 15) is 29.1 Å². The monoisotopic (exact) mass is 409 g/mol. The second-order valence-electron chi connectivity index (χ2n) is 6.33. The molecule has 0 saturated carbocycles. The van der Waals surface area contributed by atoms with Crippen molar-refractivity contribution in [3.63, 3.8) is 0 Å². The number of esters is 1. The number of hydrogen-bond donors (Lipinski definition) is 2. The molecule has 3 rings (SSSR count). The van der Waals surface area contributed by atoms with Gasteiger partial charge in [-0.1, -0.05) is 18.2 Å². The van der Waals surface area contributed by atoms with E-state index in [1.807, 2.05) is 0 Å². The summed E-state index contributed by atoms with van der Waals surface area (Å²) in [6.07, 6.45) is -0.641. The van der Waals surface area contributed by atoms with Gasteiger partial charge < -0.3 is 19.5 Å². The minimum atomic E-state index is -1.63. The number of aliphatic hydroxyl groups is 1. The number of benzene rings is 1. The van der Waals surface area contributed by atoms with E-state index < -0.39 is 41.1 Å². The second-order valence-corrected chi connectivity index (χ2v) is 7.83. The molecule has 0 spiro atoms. The van der Waals surface area contributed by atoms with E-state index in [0.29, 0.717) is 11.5 Å². The molecule has 8 nitrogen and oxygen atoms in total. The highest BCUT2D eigenvalue weighted by Gasteiger charge is 2.59. The van der Waals surface area contributed by atoms with E-state index in [0.717, 1.165) is 4.90 Å². The Kier molecular flexibility index (Phi) is 7.22. The Morgan fingerprint density at radius 2 is 1.96 bits per heavy atom. The van der Waals surface area contributed by atoms with Crippen LogP contribution in [0.3, 0.4) is 0 Å². The fourth-order valence-electron chi connectivity index (χ4n) is 3.29. The van der Waals surface area contributed by atoms with E-state index in [2.05, 4.69) is 4.74 Å². The predicted molar refractivity (Wildman–Crippen MR) is 100 cm³/mol. The van der Waals surface area contributed by atoms with Gasteiger partial charge in [-0.05, 0) is 26.0 Å². The summed E-state index contributed by atoms with van der Waals surface area (Å²) in [5.74, 6) is -2.52. The lowest BCUT2D eigenvalue weighted by atomic mass is 9.83. The van der Waals surface area contributed by atoms with Crippen LogP contribution < -0.4 is 0 Å². The summed E-state index contributed by atoms with van der Waals surface area (Å²) in [6, 6.07) is 8.13. The lowest BCUT2D eigenvalue weighted by molar-refractivity contribution is -0.161. The molecule has 1 amide bonds. The van der Waals surface area contributed by atoms with E-state index in [1.54, 1.807) is 37.3 Å². The highest BCUT2D eigenvalue weighted by molar-refractivity contribution is 7.95. The van der Waals surface area contributed by atoms with Crippen molar-refractivity contribution < 1.29 is 33.9 Å². The molecule has 9 heteroatoms. The minimum absolute atomic E-state index is 0.200. The number of β-lactam (4-membered cyclic amide) rings is 1. The molecule has 152 valence electrons. The van der Waals surface area contributed by atoms with Gasteiger partial charge in [-0.3, -0.25) is 14.5 Å². The summed E-state index contributed by atoms with van der Waals surface area (Å²) in [7, 11) is 0. The molecule has 4 unspecified atom stereocenters. The van der Waals surface area contributed by atoms with Gasteiger partial charge in [0, 0.05) is 24.5 Å². The van der Waals surface area contributed by atoms with E-state index >= 15 is 0 Å². The Morgan fingerprint density at radius 1 is 1.36 bits per heavy atom. The quantitative estimate of drug-likeness (QED) is 0.426. The average Bonchev–Trinajstić information content (AvgIpc) is 2.97. The predicted octanol–water partition coefficient (Wildman–Crippen LogP) is 1.27. The molecule has 2 heterocycles. The van der Waals surface area contributed by atoms with Crippen molar-refractivity contribution in [1.29, 1.82) is 0 Å². The zero-order valence-corrected chi connectivity index (χ0v) is 16.6. The van der Waals surface area contributed by atoms with E-state index in [1.165, 1.54) is 13.8 Å². The Balaban J connectivity index is 0.000000409. The van der Waals surface area contributed by atoms with Crippen LogP contribution in [0.1, 0.15) is 27.2 Å². The van der Waals surface area contributed by atoms with Crippen molar-refractivity contribution in [3.05, 3.63) is 40.9 Å². The Labute approximate surface area is 166 Å². The van der Waals surface area contributed by atoms with Crippen molar-refractivity contribution in [2.45, 2.75) is 44.2 Å². The summed E-state index contributed by atoms with van der Waals surface area (Å²) in [5, 5.41) is 19.1. The number of carbonyl (C=O) groups is 3. The fraction of sp³-hybridized carbons (Fsp3) is 0.421. The first-order valence-corrected chi connectivity index (χ1v) is 9.93. The number of carboxylic acid groups (broad SMARTS) is 1. The number of carboxylic acids is 1. The zero-order valence-electron chi connectivity index (χ0n) is 15.8. The molecule has 1 saturated heterocycles. The first-order chi connectivity index (χ1) is 13.2. The first kappa shape index (κ1) is 21.9. The number of rotatable bonds is 5. The van der Waals surface area contributed by atoms with Gasteiger partial charge in [0.25, 0.3) is 0 Å². The maximum absolute atomic E-state index is 12.7.